The molecule has 454 valence electrons. The summed E-state index contributed by atoms with van der Waals surface area (Å²) in [5.74, 6) is -5.00. The molecule has 0 heterocycles. The van der Waals surface area contributed by atoms with Crippen molar-refractivity contribution in [3.8, 4) is 54.6 Å². The summed E-state index contributed by atoms with van der Waals surface area (Å²) in [5.41, 5.74) is 3.12. The van der Waals surface area contributed by atoms with Crippen molar-refractivity contribution in [1.82, 2.24) is 0 Å². The topological polar surface area (TPSA) is 236 Å². The van der Waals surface area contributed by atoms with Crippen LogP contribution in [0.3, 0.4) is 0 Å². The Bertz CT molecular complexity index is 4530. The Morgan fingerprint density at radius 2 is 0.731 bits per heavy atom. The van der Waals surface area contributed by atoms with Crippen molar-refractivity contribution < 1.29 is 39.5 Å². The van der Waals surface area contributed by atoms with Gasteiger partial charge in [-0.05, 0) is 148 Å². The Kier molecular flexibility index (Phi) is 31.6. The molecule has 0 amide bonds. The summed E-state index contributed by atoms with van der Waals surface area (Å²) < 4.78 is 115. The van der Waals surface area contributed by atoms with Crippen LogP contribution in [0.1, 0.15) is 94.6 Å². The molecule has 0 radical (unpaired) electrons. The SMILES string of the molecule is Cc1c(F)c(C#N)cc(C#N)c1F.Cc1c(F)cc(C#N)cc1F.Cc1cc(C#N)ccc1F.Cc1ccc(C#N)cc1F.Cc1cccc(C#N)c1F.[C-]#[N+]c1c(C)c([N+]#[C-])c(C#N)c(C#N)c1C#N.[C-]#[N+]c1cc(F)cc([N+]#[C-])c1C.[C-]#[N+]c1cccc(F)c1C. The lowest BCUT2D eigenvalue weighted by molar-refractivity contribution is 0.563. The van der Waals surface area contributed by atoms with E-state index in [4.69, 9.17) is 80.2 Å². The van der Waals surface area contributed by atoms with Crippen LogP contribution >= 0.6 is 0 Å². The van der Waals surface area contributed by atoms with Gasteiger partial charge >= 0.3 is 0 Å². The van der Waals surface area contributed by atoms with E-state index >= 15 is 0 Å². The van der Waals surface area contributed by atoms with Gasteiger partial charge in [0.25, 0.3) is 0 Å². The van der Waals surface area contributed by atoms with E-state index < -0.39 is 34.9 Å². The molecule has 0 atom stereocenters. The smallest absolute Gasteiger partial charge is 0.198 e. The van der Waals surface area contributed by atoms with Gasteiger partial charge < -0.3 is 0 Å². The van der Waals surface area contributed by atoms with Gasteiger partial charge in [0.2, 0.25) is 0 Å². The van der Waals surface area contributed by atoms with Crippen molar-refractivity contribution in [3.63, 3.8) is 0 Å². The molecular formula is C70H41F9N14. The molecule has 14 nitrogen and oxygen atoms in total. The molecule has 0 fully saturated rings. The second-order valence-electron chi connectivity index (χ2n) is 18.1. The molecule has 0 aliphatic rings. The summed E-state index contributed by atoms with van der Waals surface area (Å²) in [6.45, 7) is 46.2. The molecule has 23 heteroatoms. The number of aryl methyl sites for hydroxylation is 3. The largest absolute Gasteiger partial charge is 0.239 e. The van der Waals surface area contributed by atoms with E-state index in [-0.39, 0.29) is 95.8 Å². The molecule has 0 aliphatic carbocycles. The molecule has 0 spiro atoms. The van der Waals surface area contributed by atoms with E-state index in [1.807, 2.05) is 12.1 Å². The van der Waals surface area contributed by atoms with Crippen LogP contribution in [-0.4, -0.2) is 0 Å². The quantitative estimate of drug-likeness (QED) is 0.103. The third-order valence-corrected chi connectivity index (χ3v) is 12.1. The first-order valence-corrected chi connectivity index (χ1v) is 25.6. The van der Waals surface area contributed by atoms with Crippen LogP contribution in [0.5, 0.6) is 0 Å². The summed E-state index contributed by atoms with van der Waals surface area (Å²) in [6, 6.07) is 38.6. The number of nitriles is 9. The summed E-state index contributed by atoms with van der Waals surface area (Å²) in [6.07, 6.45) is 0. The fourth-order valence-corrected chi connectivity index (χ4v) is 6.81. The summed E-state index contributed by atoms with van der Waals surface area (Å²) in [4.78, 5) is 15.7. The first-order chi connectivity index (χ1) is 44.1. The average molecular weight is 1250 g/mol. The van der Waals surface area contributed by atoms with Crippen molar-refractivity contribution in [3.05, 3.63) is 307 Å². The fourth-order valence-electron chi connectivity index (χ4n) is 6.81. The first-order valence-electron chi connectivity index (χ1n) is 25.6. The molecule has 8 aromatic rings. The average Bonchev–Trinajstić information content (AvgIpc) is 0.925. The highest BCUT2D eigenvalue weighted by Crippen LogP contribution is 2.38. The molecule has 0 bridgehead atoms. The van der Waals surface area contributed by atoms with Gasteiger partial charge in [0.05, 0.1) is 119 Å². The monoisotopic (exact) mass is 1250 g/mol. The Labute approximate surface area is 530 Å². The van der Waals surface area contributed by atoms with Gasteiger partial charge in [-0.3, -0.25) is 0 Å². The molecule has 93 heavy (non-hydrogen) atoms. The van der Waals surface area contributed by atoms with E-state index in [1.54, 1.807) is 107 Å². The third-order valence-electron chi connectivity index (χ3n) is 12.1. The van der Waals surface area contributed by atoms with Gasteiger partial charge in [0, 0.05) is 11.1 Å². The van der Waals surface area contributed by atoms with Crippen LogP contribution in [0.4, 0.5) is 68.0 Å². The summed E-state index contributed by atoms with van der Waals surface area (Å²) >= 11 is 0. The summed E-state index contributed by atoms with van der Waals surface area (Å²) in [5, 5.41) is 77.0. The third kappa shape index (κ3) is 21.7. The minimum absolute atomic E-state index is 0.00519. The molecule has 8 rings (SSSR count). The number of hydrogen-bond acceptors (Lipinski definition) is 9. The maximum atomic E-state index is 13.0. The number of benzene rings is 8. The minimum atomic E-state index is -0.904. The molecule has 0 saturated carbocycles. The molecule has 8 aromatic carbocycles. The number of hydrogen-bond donors (Lipinski definition) is 0. The molecule has 0 aromatic heterocycles. The Balaban J connectivity index is 0.000000535. The van der Waals surface area contributed by atoms with E-state index in [1.165, 1.54) is 63.2 Å². The second kappa shape index (κ2) is 38.2. The van der Waals surface area contributed by atoms with Crippen LogP contribution in [0.2, 0.25) is 0 Å². The normalized spacial score (nSPS) is 8.76. The van der Waals surface area contributed by atoms with Crippen LogP contribution in [0.15, 0.2) is 103 Å². The first kappa shape index (κ1) is 77.0. The van der Waals surface area contributed by atoms with E-state index in [9.17, 15) is 39.5 Å². The van der Waals surface area contributed by atoms with Gasteiger partial charge in [-0.25, -0.2) is 63.7 Å². The van der Waals surface area contributed by atoms with E-state index in [0.717, 1.165) is 30.3 Å². The number of rotatable bonds is 0. The Morgan fingerprint density at radius 1 is 0.290 bits per heavy atom. The zero-order chi connectivity index (χ0) is 70.8. The highest BCUT2D eigenvalue weighted by Gasteiger charge is 2.22. The maximum Gasteiger partial charge on any atom is 0.198 e. The lowest BCUT2D eigenvalue weighted by Crippen LogP contribution is -1.97. The minimum Gasteiger partial charge on any atom is -0.239 e. The predicted molar refractivity (Wildman–Crippen MR) is 323 cm³/mol. The van der Waals surface area contributed by atoms with Crippen LogP contribution in [0, 0.1) is 243 Å². The van der Waals surface area contributed by atoms with Crippen molar-refractivity contribution in [1.29, 1.82) is 47.4 Å². The van der Waals surface area contributed by atoms with E-state index in [0.29, 0.717) is 44.6 Å². The lowest BCUT2D eigenvalue weighted by atomic mass is 9.95. The van der Waals surface area contributed by atoms with Crippen molar-refractivity contribution >= 4 is 28.4 Å². The molecule has 0 N–H and O–H groups in total. The van der Waals surface area contributed by atoms with E-state index in [2.05, 4.69) is 24.2 Å². The Hall–Kier alpha value is -14.0. The molecule has 0 unspecified atom stereocenters. The number of halogens is 9. The molecule has 0 saturated heterocycles. The predicted octanol–water partition coefficient (Wildman–Crippen LogP) is 18.8. The number of nitrogens with zero attached hydrogens (tertiary/aromatic N) is 14. The van der Waals surface area contributed by atoms with Gasteiger partial charge in [-0.2, -0.15) is 47.4 Å². The lowest BCUT2D eigenvalue weighted by Gasteiger charge is -2.07. The zero-order valence-corrected chi connectivity index (χ0v) is 50.0. The van der Waals surface area contributed by atoms with Crippen molar-refractivity contribution in [2.24, 2.45) is 0 Å². The molecular weight excluding hydrogens is 1210 g/mol. The summed E-state index contributed by atoms with van der Waals surface area (Å²) in [7, 11) is 0. The highest BCUT2D eigenvalue weighted by atomic mass is 19.2. The van der Waals surface area contributed by atoms with Crippen LogP contribution in [-0.2, 0) is 0 Å². The van der Waals surface area contributed by atoms with Crippen molar-refractivity contribution in [2.75, 3.05) is 0 Å². The van der Waals surface area contributed by atoms with Gasteiger partial charge in [-0.1, -0.05) is 44.2 Å². The Morgan fingerprint density at radius 3 is 1.12 bits per heavy atom. The molecule has 0 aliphatic heterocycles. The standard InChI is InChI=1S/C12H3N5.C9H4F2N2.C9H5FN2.C8H5F2N.4C8H6FN/c1-7-11(16-2)9(5-14)8(4-13)10(6-15)12(7)17-3;1-5-8(10)6(3-12)2-7(4-13)9(5)11;1-6-8(11-2)4-7(10)5-9(6)12-3;1-5-7(9)2-6(4-11)3-8(5)10;1-6-7(9)4-3-5-8(6)10-2;1-6-4-7(5-10)2-3-8(6)9;1-6-2-3-7(5-10)4-8(6)9;1-6-3-2-4-7(5-10)8(6)9/h1H3;2H,1H3;4-5H,1H3;2-3H,1H3;3-5H,1H3;3*2-4H,1H3. The van der Waals surface area contributed by atoms with Crippen molar-refractivity contribution in [2.45, 2.75) is 55.4 Å². The zero-order valence-electron chi connectivity index (χ0n) is 50.0. The second-order valence-corrected chi connectivity index (χ2v) is 18.1. The van der Waals surface area contributed by atoms with Crippen LogP contribution in [0.25, 0.3) is 24.2 Å². The maximum absolute atomic E-state index is 13.0. The van der Waals surface area contributed by atoms with Gasteiger partial charge in [0.1, 0.15) is 70.6 Å². The van der Waals surface area contributed by atoms with Gasteiger partial charge in [-0.15, -0.1) is 0 Å². The van der Waals surface area contributed by atoms with Gasteiger partial charge in [0.15, 0.2) is 28.4 Å². The highest BCUT2D eigenvalue weighted by molar-refractivity contribution is 5.83. The van der Waals surface area contributed by atoms with Crippen LogP contribution < -0.4 is 0 Å². The fraction of sp³-hybridized carbons (Fsp3) is 0.114.